The molecule has 0 aliphatic carbocycles. The Morgan fingerprint density at radius 1 is 1.00 bits per heavy atom. The molecular weight excluding hydrogens is 414 g/mol. The summed E-state index contributed by atoms with van der Waals surface area (Å²) in [5, 5.41) is 0.00931. The number of rotatable bonds is 5. The van der Waals surface area contributed by atoms with Gasteiger partial charge in [0.05, 0.1) is 17.0 Å². The summed E-state index contributed by atoms with van der Waals surface area (Å²) in [4.78, 5) is 11.8. The molecule has 0 unspecified atom stereocenters. The maximum atomic E-state index is 13.2. The fraction of sp³-hybridized carbons (Fsp3) is 0.118. The van der Waals surface area contributed by atoms with Gasteiger partial charge in [-0.15, -0.1) is 0 Å². The van der Waals surface area contributed by atoms with Gasteiger partial charge in [-0.3, -0.25) is 0 Å². The number of benzene rings is 2. The number of esters is 1. The molecule has 3 rings (SSSR count). The number of hydrogen-bond acceptors (Lipinski definition) is 6. The minimum atomic E-state index is -4.46. The van der Waals surface area contributed by atoms with Crippen LogP contribution in [0.25, 0.3) is 10.9 Å². The molecule has 0 saturated carbocycles. The summed E-state index contributed by atoms with van der Waals surface area (Å²) in [6.45, 7) is 1.44. The molecule has 10 heteroatoms. The van der Waals surface area contributed by atoms with Crippen LogP contribution < -0.4 is 0 Å². The van der Waals surface area contributed by atoms with Crippen molar-refractivity contribution < 1.29 is 26.4 Å². The second-order valence-electron chi connectivity index (χ2n) is 5.44. The summed E-state index contributed by atoms with van der Waals surface area (Å²) in [5.41, 5.74) is -0.652. The lowest BCUT2D eigenvalue weighted by atomic mass is 10.2. The highest BCUT2D eigenvalue weighted by Gasteiger charge is 2.36. The van der Waals surface area contributed by atoms with Gasteiger partial charge in [-0.05, 0) is 25.1 Å². The molecule has 0 aliphatic rings. The first-order valence-electron chi connectivity index (χ1n) is 7.75. The smallest absolute Gasteiger partial charge is 0.357 e. The summed E-state index contributed by atoms with van der Waals surface area (Å²) in [6.07, 6.45) is 0. The van der Waals surface area contributed by atoms with Crippen LogP contribution >= 0.6 is 10.7 Å². The van der Waals surface area contributed by atoms with Crippen LogP contribution in [0.15, 0.2) is 64.4 Å². The topological polar surface area (TPSA) is 99.5 Å². The molecule has 2 aromatic carbocycles. The number of carbonyl (C=O) groups is 1. The summed E-state index contributed by atoms with van der Waals surface area (Å²) in [7, 11) is -3.21. The number of hydrogen-bond donors (Lipinski definition) is 0. The van der Waals surface area contributed by atoms with Gasteiger partial charge >= 0.3 is 5.97 Å². The predicted octanol–water partition coefficient (Wildman–Crippen LogP) is 2.98. The zero-order valence-corrected chi connectivity index (χ0v) is 16.4. The Balaban J connectivity index is 2.53. The van der Waals surface area contributed by atoms with Crippen molar-refractivity contribution in [1.29, 1.82) is 0 Å². The first-order chi connectivity index (χ1) is 12.7. The zero-order valence-electron chi connectivity index (χ0n) is 14.0. The van der Waals surface area contributed by atoms with Crippen LogP contribution in [0.3, 0.4) is 0 Å². The van der Waals surface area contributed by atoms with E-state index >= 15 is 0 Å². The second kappa shape index (κ2) is 6.99. The number of carbonyl (C=O) groups excluding carboxylic acids is 1. The van der Waals surface area contributed by atoms with E-state index in [2.05, 4.69) is 0 Å². The van der Waals surface area contributed by atoms with Gasteiger partial charge in [0.15, 0.2) is 5.69 Å². The highest BCUT2D eigenvalue weighted by atomic mass is 35.7. The molecule has 0 radical (unpaired) electrons. The maximum absolute atomic E-state index is 13.2. The summed E-state index contributed by atoms with van der Waals surface area (Å²) in [5.74, 6) is -1.10. The van der Waals surface area contributed by atoms with Gasteiger partial charge in [0.2, 0.25) is 0 Å². The van der Waals surface area contributed by atoms with Crippen LogP contribution in [0.4, 0.5) is 0 Å². The fourth-order valence-corrected chi connectivity index (χ4v) is 5.66. The van der Waals surface area contributed by atoms with E-state index in [9.17, 15) is 21.6 Å². The number of halogens is 1. The lowest BCUT2D eigenvalue weighted by Crippen LogP contribution is -2.21. The Hall–Kier alpha value is -2.36. The molecule has 1 aromatic heterocycles. The van der Waals surface area contributed by atoms with Crippen molar-refractivity contribution in [3.63, 3.8) is 0 Å². The molecule has 0 atom stereocenters. The van der Waals surface area contributed by atoms with E-state index in [1.165, 1.54) is 55.5 Å². The van der Waals surface area contributed by atoms with Crippen LogP contribution in [0.5, 0.6) is 0 Å². The van der Waals surface area contributed by atoms with E-state index in [1.807, 2.05) is 0 Å². The molecule has 3 aromatic rings. The van der Waals surface area contributed by atoms with Crippen LogP contribution in [-0.2, 0) is 23.8 Å². The highest BCUT2D eigenvalue weighted by Crippen LogP contribution is 2.35. The molecule has 0 spiro atoms. The third-order valence-electron chi connectivity index (χ3n) is 3.78. The lowest BCUT2D eigenvalue weighted by molar-refractivity contribution is 0.0514. The number of aromatic nitrogens is 1. The van der Waals surface area contributed by atoms with Crippen molar-refractivity contribution in [3.05, 3.63) is 60.3 Å². The Kier molecular flexibility index (Phi) is 5.02. The highest BCUT2D eigenvalue weighted by molar-refractivity contribution is 8.14. The van der Waals surface area contributed by atoms with Gasteiger partial charge in [-0.1, -0.05) is 36.4 Å². The molecule has 0 bridgehead atoms. The number of ether oxygens (including phenoxy) is 1. The van der Waals surface area contributed by atoms with Gasteiger partial charge in [-0.2, -0.15) is 0 Å². The van der Waals surface area contributed by atoms with Gasteiger partial charge in [0.25, 0.3) is 19.1 Å². The molecular formula is C17H14ClNO6S2. The monoisotopic (exact) mass is 427 g/mol. The third-order valence-corrected chi connectivity index (χ3v) is 6.87. The van der Waals surface area contributed by atoms with Gasteiger partial charge < -0.3 is 4.74 Å². The minimum absolute atomic E-state index is 0.00336. The van der Waals surface area contributed by atoms with E-state index in [0.29, 0.717) is 3.97 Å². The van der Waals surface area contributed by atoms with E-state index in [-0.39, 0.29) is 22.4 Å². The van der Waals surface area contributed by atoms with Crippen molar-refractivity contribution in [3.8, 4) is 0 Å². The second-order valence-corrected chi connectivity index (χ2v) is 9.73. The quantitative estimate of drug-likeness (QED) is 0.458. The third kappa shape index (κ3) is 3.33. The Bertz CT molecular complexity index is 1230. The number of fused-ring (bicyclic) bond motifs is 1. The Labute approximate surface area is 160 Å². The maximum Gasteiger partial charge on any atom is 0.357 e. The average molecular weight is 428 g/mol. The Morgan fingerprint density at radius 3 is 2.19 bits per heavy atom. The van der Waals surface area contributed by atoms with Crippen LogP contribution in [-0.4, -0.2) is 33.4 Å². The molecule has 7 nitrogen and oxygen atoms in total. The van der Waals surface area contributed by atoms with Crippen LogP contribution in [0.2, 0.25) is 0 Å². The van der Waals surface area contributed by atoms with Crippen molar-refractivity contribution in [2.24, 2.45) is 0 Å². The number of nitrogens with zero attached hydrogens (tertiary/aromatic N) is 1. The lowest BCUT2D eigenvalue weighted by Gasteiger charge is -2.11. The summed E-state index contributed by atoms with van der Waals surface area (Å²) >= 11 is 0. The van der Waals surface area contributed by atoms with Gasteiger partial charge in [0.1, 0.15) is 4.90 Å². The zero-order chi connectivity index (χ0) is 19.8. The van der Waals surface area contributed by atoms with Crippen molar-refractivity contribution in [1.82, 2.24) is 3.97 Å². The van der Waals surface area contributed by atoms with Gasteiger partial charge in [0, 0.05) is 16.1 Å². The van der Waals surface area contributed by atoms with E-state index < -0.39 is 35.6 Å². The van der Waals surface area contributed by atoms with Crippen LogP contribution in [0, 0.1) is 0 Å². The predicted molar refractivity (Wildman–Crippen MR) is 100.0 cm³/mol. The van der Waals surface area contributed by atoms with Gasteiger partial charge in [-0.25, -0.2) is 25.6 Å². The minimum Gasteiger partial charge on any atom is -0.461 e. The average Bonchev–Trinajstić information content (AvgIpc) is 2.99. The molecule has 0 amide bonds. The molecule has 27 heavy (non-hydrogen) atoms. The molecule has 0 aliphatic heterocycles. The van der Waals surface area contributed by atoms with Crippen molar-refractivity contribution in [2.45, 2.75) is 16.7 Å². The molecule has 0 fully saturated rings. The standard InChI is InChI=1S/C17H14ClNO6S2/c1-2-25-17(20)15-16(26(18,21)22)13-10-6-7-11-14(13)19(15)27(23,24)12-8-4-3-5-9-12/h3-11H,2H2,1H3. The molecule has 1 heterocycles. The number of para-hydroxylation sites is 1. The SMILES string of the molecule is CCOC(=O)c1c(S(=O)(=O)Cl)c2ccccc2n1S(=O)(=O)c1ccccc1. The summed E-state index contributed by atoms with van der Waals surface area (Å²) in [6, 6.07) is 13.2. The normalized spacial score (nSPS) is 12.2. The van der Waals surface area contributed by atoms with E-state index in [1.54, 1.807) is 6.07 Å². The molecule has 142 valence electrons. The molecule has 0 N–H and O–H groups in total. The largest absolute Gasteiger partial charge is 0.461 e. The molecule has 0 saturated heterocycles. The Morgan fingerprint density at radius 2 is 1.59 bits per heavy atom. The van der Waals surface area contributed by atoms with Crippen molar-refractivity contribution >= 4 is 46.6 Å². The van der Waals surface area contributed by atoms with E-state index in [0.717, 1.165) is 0 Å². The summed E-state index contributed by atoms with van der Waals surface area (Å²) < 4.78 is 56.5. The van der Waals surface area contributed by atoms with E-state index in [4.69, 9.17) is 15.4 Å². The van der Waals surface area contributed by atoms with Crippen LogP contribution in [0.1, 0.15) is 17.4 Å². The first kappa shape index (κ1) is 19.4. The first-order valence-corrected chi connectivity index (χ1v) is 11.5. The van der Waals surface area contributed by atoms with Crippen molar-refractivity contribution in [2.75, 3.05) is 6.61 Å². The fourth-order valence-electron chi connectivity index (χ4n) is 2.75.